The molecular formula is C14H13BN2O3. The van der Waals surface area contributed by atoms with Crippen LogP contribution in [0.4, 0.5) is 10.5 Å². The van der Waals surface area contributed by atoms with E-state index >= 15 is 0 Å². The molecule has 0 fully saturated rings. The summed E-state index contributed by atoms with van der Waals surface area (Å²) in [5.74, 6) is -1.10. The Hall–Kier alpha value is -2.50. The SMILES string of the molecule is [B]C(=O)N(C)c1cccc2c(O)c(C(=O)NC)ccc12. The van der Waals surface area contributed by atoms with E-state index in [1.54, 1.807) is 31.3 Å². The van der Waals surface area contributed by atoms with Crippen LogP contribution in [0.2, 0.25) is 0 Å². The Bertz CT molecular complexity index is 700. The largest absolute Gasteiger partial charge is 0.506 e. The summed E-state index contributed by atoms with van der Waals surface area (Å²) in [7, 11) is 8.29. The fourth-order valence-electron chi connectivity index (χ4n) is 2.05. The quantitative estimate of drug-likeness (QED) is 0.813. The Morgan fingerprint density at radius 3 is 2.50 bits per heavy atom. The van der Waals surface area contributed by atoms with Gasteiger partial charge < -0.3 is 15.3 Å². The lowest BCUT2D eigenvalue weighted by molar-refractivity contribution is 0.0960. The van der Waals surface area contributed by atoms with Gasteiger partial charge in [-0.15, -0.1) is 0 Å². The summed E-state index contributed by atoms with van der Waals surface area (Å²) in [5, 5.41) is 13.8. The normalized spacial score (nSPS) is 10.3. The lowest BCUT2D eigenvalue weighted by atomic mass is 10.0. The van der Waals surface area contributed by atoms with Gasteiger partial charge in [0, 0.05) is 24.9 Å². The number of nitrogens with one attached hydrogen (secondary N) is 1. The number of benzene rings is 2. The lowest BCUT2D eigenvalue weighted by Crippen LogP contribution is -2.24. The van der Waals surface area contributed by atoms with Crippen LogP contribution in [0.3, 0.4) is 0 Å². The van der Waals surface area contributed by atoms with Gasteiger partial charge in [-0.3, -0.25) is 9.59 Å². The third kappa shape index (κ3) is 2.20. The number of rotatable bonds is 2. The molecule has 2 N–H and O–H groups in total. The summed E-state index contributed by atoms with van der Waals surface area (Å²) in [4.78, 5) is 24.2. The van der Waals surface area contributed by atoms with Crippen molar-refractivity contribution in [1.82, 2.24) is 5.32 Å². The zero-order valence-corrected chi connectivity index (χ0v) is 11.2. The third-order valence-electron chi connectivity index (χ3n) is 3.17. The Morgan fingerprint density at radius 2 is 1.90 bits per heavy atom. The molecule has 6 heteroatoms. The van der Waals surface area contributed by atoms with E-state index < -0.39 is 5.81 Å². The zero-order valence-electron chi connectivity index (χ0n) is 11.2. The highest BCUT2D eigenvalue weighted by Crippen LogP contribution is 2.34. The molecule has 0 aliphatic carbocycles. The highest BCUT2D eigenvalue weighted by molar-refractivity contribution is 6.60. The number of nitrogens with zero attached hydrogens (tertiary/aromatic N) is 1. The number of hydrogen-bond donors (Lipinski definition) is 2. The van der Waals surface area contributed by atoms with E-state index in [1.807, 2.05) is 0 Å². The van der Waals surface area contributed by atoms with Gasteiger partial charge in [0.25, 0.3) is 5.91 Å². The molecule has 0 aliphatic rings. The highest BCUT2D eigenvalue weighted by Gasteiger charge is 2.16. The van der Waals surface area contributed by atoms with E-state index in [2.05, 4.69) is 5.32 Å². The van der Waals surface area contributed by atoms with E-state index in [0.29, 0.717) is 16.5 Å². The minimum atomic E-state index is -0.604. The maximum atomic E-state index is 11.6. The fraction of sp³-hybridized carbons (Fsp3) is 0.143. The molecule has 0 spiro atoms. The summed E-state index contributed by atoms with van der Waals surface area (Å²) < 4.78 is 0. The molecule has 100 valence electrons. The Labute approximate surface area is 117 Å². The average Bonchev–Trinajstić information content (AvgIpc) is 2.45. The van der Waals surface area contributed by atoms with Gasteiger partial charge in [0.2, 0.25) is 7.85 Å². The molecule has 0 saturated heterocycles. The van der Waals surface area contributed by atoms with Crippen LogP contribution in [-0.2, 0) is 0 Å². The van der Waals surface area contributed by atoms with Gasteiger partial charge in [-0.05, 0) is 12.1 Å². The second kappa shape index (κ2) is 5.24. The highest BCUT2D eigenvalue weighted by atomic mass is 16.3. The van der Waals surface area contributed by atoms with E-state index in [0.717, 1.165) is 0 Å². The van der Waals surface area contributed by atoms with Crippen LogP contribution in [0.25, 0.3) is 10.8 Å². The van der Waals surface area contributed by atoms with Crippen molar-refractivity contribution in [3.8, 4) is 5.75 Å². The standard InChI is InChI=1S/C14H13BN2O3/c1-16-13(19)10-7-6-8-9(12(10)18)4-3-5-11(8)17(2)14(15)20/h3-7,18H,1-2H3,(H,16,19). The van der Waals surface area contributed by atoms with Gasteiger partial charge in [0.15, 0.2) is 5.81 Å². The molecule has 5 nitrogen and oxygen atoms in total. The molecule has 2 amide bonds. The van der Waals surface area contributed by atoms with Crippen molar-refractivity contribution in [2.24, 2.45) is 0 Å². The van der Waals surface area contributed by atoms with Crippen molar-refractivity contribution in [1.29, 1.82) is 0 Å². The van der Waals surface area contributed by atoms with Gasteiger partial charge in [0.05, 0.1) is 11.3 Å². The third-order valence-corrected chi connectivity index (χ3v) is 3.17. The van der Waals surface area contributed by atoms with Crippen LogP contribution in [-0.4, -0.2) is 38.8 Å². The first kappa shape index (κ1) is 13.9. The molecule has 0 aromatic heterocycles. The number of carbonyl (C=O) groups excluding carboxylic acids is 2. The topological polar surface area (TPSA) is 69.6 Å². The van der Waals surface area contributed by atoms with Crippen LogP contribution in [0.5, 0.6) is 5.75 Å². The summed E-state index contributed by atoms with van der Waals surface area (Å²) >= 11 is 0. The van der Waals surface area contributed by atoms with Crippen LogP contribution in [0.15, 0.2) is 30.3 Å². The van der Waals surface area contributed by atoms with E-state index in [4.69, 9.17) is 7.85 Å². The molecule has 20 heavy (non-hydrogen) atoms. The first-order valence-electron chi connectivity index (χ1n) is 5.97. The first-order valence-corrected chi connectivity index (χ1v) is 5.97. The Morgan fingerprint density at radius 1 is 1.20 bits per heavy atom. The number of amides is 2. The molecule has 2 radical (unpaired) electrons. The fourth-order valence-corrected chi connectivity index (χ4v) is 2.05. The molecule has 0 aliphatic heterocycles. The Balaban J connectivity index is 2.70. The monoisotopic (exact) mass is 268 g/mol. The molecule has 2 rings (SSSR count). The summed E-state index contributed by atoms with van der Waals surface area (Å²) in [6.45, 7) is 0. The van der Waals surface area contributed by atoms with E-state index in [-0.39, 0.29) is 17.2 Å². The van der Waals surface area contributed by atoms with Crippen LogP contribution in [0.1, 0.15) is 10.4 Å². The molecule has 0 atom stereocenters. The van der Waals surface area contributed by atoms with E-state index in [1.165, 1.54) is 18.0 Å². The predicted molar refractivity (Wildman–Crippen MR) is 78.6 cm³/mol. The minimum Gasteiger partial charge on any atom is -0.506 e. The second-order valence-electron chi connectivity index (χ2n) is 4.31. The number of carbonyl (C=O) groups is 2. The van der Waals surface area contributed by atoms with Crippen molar-refractivity contribution < 1.29 is 14.7 Å². The van der Waals surface area contributed by atoms with Gasteiger partial charge in [0.1, 0.15) is 5.75 Å². The number of phenols is 1. The van der Waals surface area contributed by atoms with Gasteiger partial charge >= 0.3 is 0 Å². The molecule has 0 unspecified atom stereocenters. The van der Waals surface area contributed by atoms with Gasteiger partial charge in [-0.1, -0.05) is 18.2 Å². The molecule has 2 aromatic rings. The lowest BCUT2D eigenvalue weighted by Gasteiger charge is -2.19. The minimum absolute atomic E-state index is 0.124. The summed E-state index contributed by atoms with van der Waals surface area (Å²) in [5.41, 5.74) is 0.743. The number of fused-ring (bicyclic) bond motifs is 1. The maximum absolute atomic E-state index is 11.6. The van der Waals surface area contributed by atoms with Crippen molar-refractivity contribution in [3.05, 3.63) is 35.9 Å². The van der Waals surface area contributed by atoms with Gasteiger partial charge in [-0.2, -0.15) is 0 Å². The molecule has 0 saturated carbocycles. The number of anilines is 1. The van der Waals surface area contributed by atoms with E-state index in [9.17, 15) is 14.7 Å². The van der Waals surface area contributed by atoms with Crippen molar-refractivity contribution >= 4 is 36.0 Å². The molecule has 0 heterocycles. The summed E-state index contributed by atoms with van der Waals surface area (Å²) in [6, 6.07) is 8.26. The van der Waals surface area contributed by atoms with Crippen molar-refractivity contribution in [3.63, 3.8) is 0 Å². The molecular weight excluding hydrogens is 255 g/mol. The average molecular weight is 268 g/mol. The number of aromatic hydroxyl groups is 1. The predicted octanol–water partition coefficient (Wildman–Crippen LogP) is 1.63. The first-order chi connectivity index (χ1) is 9.47. The number of hydrogen-bond acceptors (Lipinski definition) is 3. The maximum Gasteiger partial charge on any atom is 0.254 e. The van der Waals surface area contributed by atoms with Crippen molar-refractivity contribution in [2.75, 3.05) is 19.0 Å². The smallest absolute Gasteiger partial charge is 0.254 e. The Kier molecular flexibility index (Phi) is 3.65. The van der Waals surface area contributed by atoms with Crippen LogP contribution >= 0.6 is 0 Å². The van der Waals surface area contributed by atoms with Crippen LogP contribution < -0.4 is 10.2 Å². The number of phenolic OH excluding ortho intramolecular Hbond substituents is 1. The van der Waals surface area contributed by atoms with Crippen LogP contribution in [0, 0.1) is 0 Å². The summed E-state index contributed by atoms with van der Waals surface area (Å²) in [6.07, 6.45) is 0. The van der Waals surface area contributed by atoms with Crippen molar-refractivity contribution in [2.45, 2.75) is 0 Å². The zero-order chi connectivity index (χ0) is 14.9. The molecule has 0 bridgehead atoms. The molecule has 2 aromatic carbocycles. The van der Waals surface area contributed by atoms with Gasteiger partial charge in [-0.25, -0.2) is 0 Å². The second-order valence-corrected chi connectivity index (χ2v) is 4.31.